The maximum atomic E-state index is 4.67. The Labute approximate surface area is 115 Å². The number of nitrogens with zero attached hydrogens (tertiary/aromatic N) is 3. The molecule has 0 aromatic carbocycles. The maximum absolute atomic E-state index is 4.67. The van der Waals surface area contributed by atoms with Crippen molar-refractivity contribution in [1.29, 1.82) is 0 Å². The van der Waals surface area contributed by atoms with Crippen LogP contribution in [-0.2, 0) is 6.54 Å². The molecule has 18 heavy (non-hydrogen) atoms. The summed E-state index contributed by atoms with van der Waals surface area (Å²) >= 11 is 3.48. The Morgan fingerprint density at radius 3 is 2.78 bits per heavy atom. The maximum Gasteiger partial charge on any atom is 0.0675 e. The molecule has 2 aromatic heterocycles. The molecule has 4 heteroatoms. The van der Waals surface area contributed by atoms with Gasteiger partial charge in [0.25, 0.3) is 0 Å². The highest BCUT2D eigenvalue weighted by atomic mass is 79.9. The van der Waals surface area contributed by atoms with Gasteiger partial charge in [-0.05, 0) is 54.6 Å². The molecule has 94 valence electrons. The van der Waals surface area contributed by atoms with Crippen LogP contribution in [0.15, 0.2) is 22.9 Å². The lowest BCUT2D eigenvalue weighted by atomic mass is 10.1. The van der Waals surface area contributed by atoms with Crippen LogP contribution in [0.25, 0.3) is 11.1 Å². The van der Waals surface area contributed by atoms with Gasteiger partial charge in [0.05, 0.1) is 5.69 Å². The summed E-state index contributed by atoms with van der Waals surface area (Å²) in [7, 11) is 0. The molecule has 1 aliphatic carbocycles. The molecule has 0 spiro atoms. The van der Waals surface area contributed by atoms with Crippen LogP contribution in [0.1, 0.15) is 24.2 Å². The number of halogens is 1. The van der Waals surface area contributed by atoms with E-state index in [1.165, 1.54) is 24.1 Å². The molecule has 2 heterocycles. The van der Waals surface area contributed by atoms with Gasteiger partial charge >= 0.3 is 0 Å². The van der Waals surface area contributed by atoms with Gasteiger partial charge in [-0.15, -0.1) is 0 Å². The molecule has 0 radical (unpaired) electrons. The van der Waals surface area contributed by atoms with Gasteiger partial charge in [0.15, 0.2) is 0 Å². The highest BCUT2D eigenvalue weighted by Crippen LogP contribution is 2.33. The molecule has 0 N–H and O–H groups in total. The lowest BCUT2D eigenvalue weighted by molar-refractivity contribution is 0.547. The van der Waals surface area contributed by atoms with Crippen LogP contribution < -0.4 is 0 Å². The Morgan fingerprint density at radius 2 is 2.11 bits per heavy atom. The second-order valence-electron chi connectivity index (χ2n) is 5.06. The van der Waals surface area contributed by atoms with Crippen molar-refractivity contribution in [2.75, 3.05) is 0 Å². The van der Waals surface area contributed by atoms with E-state index in [2.05, 4.69) is 50.6 Å². The largest absolute Gasteiger partial charge is 0.269 e. The summed E-state index contributed by atoms with van der Waals surface area (Å²) < 4.78 is 3.16. The van der Waals surface area contributed by atoms with Crippen LogP contribution in [0, 0.1) is 19.8 Å². The molecule has 1 aliphatic rings. The van der Waals surface area contributed by atoms with Crippen LogP contribution in [0.3, 0.4) is 0 Å². The third kappa shape index (κ3) is 2.21. The predicted molar refractivity (Wildman–Crippen MR) is 75.4 cm³/mol. The zero-order valence-electron chi connectivity index (χ0n) is 10.7. The summed E-state index contributed by atoms with van der Waals surface area (Å²) in [6, 6.07) is 2.10. The quantitative estimate of drug-likeness (QED) is 0.865. The Hall–Kier alpha value is -1.16. The zero-order valence-corrected chi connectivity index (χ0v) is 12.2. The highest BCUT2D eigenvalue weighted by molar-refractivity contribution is 9.10. The van der Waals surface area contributed by atoms with E-state index < -0.39 is 0 Å². The van der Waals surface area contributed by atoms with Crippen molar-refractivity contribution in [1.82, 2.24) is 14.8 Å². The predicted octanol–water partition coefficient (Wildman–Crippen LogP) is 3.73. The number of aryl methyl sites for hydroxylation is 1. The summed E-state index contributed by atoms with van der Waals surface area (Å²) in [5, 5.41) is 4.67. The van der Waals surface area contributed by atoms with Crippen molar-refractivity contribution in [2.24, 2.45) is 5.92 Å². The number of rotatable bonds is 3. The van der Waals surface area contributed by atoms with Gasteiger partial charge in [-0.3, -0.25) is 9.67 Å². The molecular formula is C14H16BrN3. The van der Waals surface area contributed by atoms with Crippen molar-refractivity contribution in [3.63, 3.8) is 0 Å². The highest BCUT2D eigenvalue weighted by Gasteiger charge is 2.24. The van der Waals surface area contributed by atoms with E-state index in [0.717, 1.165) is 28.2 Å². The van der Waals surface area contributed by atoms with E-state index in [1.54, 1.807) is 0 Å². The SMILES string of the molecule is Cc1nn(CC2CC2)c(C)c1-c1cncc(Br)c1. The number of pyridine rings is 1. The topological polar surface area (TPSA) is 30.7 Å². The summed E-state index contributed by atoms with van der Waals surface area (Å²) in [5.41, 5.74) is 4.71. The lowest BCUT2D eigenvalue weighted by Gasteiger charge is -2.04. The molecule has 0 aliphatic heterocycles. The number of aromatic nitrogens is 3. The Bertz CT molecular complexity index is 585. The molecule has 3 nitrogen and oxygen atoms in total. The van der Waals surface area contributed by atoms with Crippen molar-refractivity contribution in [3.8, 4) is 11.1 Å². The van der Waals surface area contributed by atoms with E-state index in [4.69, 9.17) is 0 Å². The lowest BCUT2D eigenvalue weighted by Crippen LogP contribution is -2.04. The minimum atomic E-state index is 0.844. The van der Waals surface area contributed by atoms with E-state index in [0.29, 0.717) is 0 Å². The molecule has 0 atom stereocenters. The number of hydrogen-bond donors (Lipinski definition) is 0. The van der Waals surface area contributed by atoms with Crippen LogP contribution in [0.5, 0.6) is 0 Å². The fourth-order valence-corrected chi connectivity index (χ4v) is 2.75. The first-order valence-corrected chi connectivity index (χ1v) is 7.09. The summed E-state index contributed by atoms with van der Waals surface area (Å²) in [6.45, 7) is 5.29. The summed E-state index contributed by atoms with van der Waals surface area (Å²) in [5.74, 6) is 0.844. The first-order valence-electron chi connectivity index (χ1n) is 6.30. The molecule has 2 aromatic rings. The van der Waals surface area contributed by atoms with Crippen LogP contribution >= 0.6 is 15.9 Å². The minimum Gasteiger partial charge on any atom is -0.269 e. The molecule has 0 saturated heterocycles. The second-order valence-corrected chi connectivity index (χ2v) is 5.98. The van der Waals surface area contributed by atoms with Gasteiger partial charge in [0.1, 0.15) is 0 Å². The third-order valence-corrected chi connectivity index (χ3v) is 3.94. The summed E-state index contributed by atoms with van der Waals surface area (Å²) in [4.78, 5) is 4.24. The van der Waals surface area contributed by atoms with E-state index in [9.17, 15) is 0 Å². The van der Waals surface area contributed by atoms with Gasteiger partial charge in [-0.1, -0.05) is 0 Å². The van der Waals surface area contributed by atoms with Gasteiger partial charge in [-0.25, -0.2) is 0 Å². The van der Waals surface area contributed by atoms with Crippen molar-refractivity contribution in [3.05, 3.63) is 34.3 Å². The monoisotopic (exact) mass is 305 g/mol. The molecule has 3 rings (SSSR count). The third-order valence-electron chi connectivity index (χ3n) is 3.50. The van der Waals surface area contributed by atoms with Crippen molar-refractivity contribution < 1.29 is 0 Å². The molecule has 1 fully saturated rings. The van der Waals surface area contributed by atoms with Gasteiger partial charge < -0.3 is 0 Å². The standard InChI is InChI=1S/C14H16BrN3/c1-9-14(12-5-13(15)7-16-6-12)10(2)18(17-9)8-11-3-4-11/h5-7,11H,3-4,8H2,1-2H3. The van der Waals surface area contributed by atoms with Gasteiger partial charge in [0, 0.05) is 40.2 Å². The van der Waals surface area contributed by atoms with Gasteiger partial charge in [-0.2, -0.15) is 5.10 Å². The smallest absolute Gasteiger partial charge is 0.0675 e. The van der Waals surface area contributed by atoms with E-state index in [1.807, 2.05) is 12.4 Å². The van der Waals surface area contributed by atoms with Crippen LogP contribution in [0.4, 0.5) is 0 Å². The molecular weight excluding hydrogens is 290 g/mol. The molecule has 0 amide bonds. The summed E-state index contributed by atoms with van der Waals surface area (Å²) in [6.07, 6.45) is 6.42. The van der Waals surface area contributed by atoms with Crippen LogP contribution in [-0.4, -0.2) is 14.8 Å². The zero-order chi connectivity index (χ0) is 12.7. The Morgan fingerprint density at radius 1 is 1.33 bits per heavy atom. The van der Waals surface area contributed by atoms with Crippen molar-refractivity contribution >= 4 is 15.9 Å². The van der Waals surface area contributed by atoms with E-state index in [-0.39, 0.29) is 0 Å². The fourth-order valence-electron chi connectivity index (χ4n) is 2.39. The Balaban J connectivity index is 2.02. The minimum absolute atomic E-state index is 0.844. The first kappa shape index (κ1) is 11.9. The fraction of sp³-hybridized carbons (Fsp3) is 0.429. The second kappa shape index (κ2) is 4.50. The molecule has 0 bridgehead atoms. The molecule has 0 unspecified atom stereocenters. The van der Waals surface area contributed by atoms with Crippen molar-refractivity contribution in [2.45, 2.75) is 33.2 Å². The Kier molecular flexibility index (Phi) is 2.98. The average molecular weight is 306 g/mol. The molecule has 1 saturated carbocycles. The average Bonchev–Trinajstić information content (AvgIpc) is 3.07. The normalized spacial score (nSPS) is 15.1. The van der Waals surface area contributed by atoms with Gasteiger partial charge in [0.2, 0.25) is 0 Å². The number of hydrogen-bond acceptors (Lipinski definition) is 2. The van der Waals surface area contributed by atoms with Crippen LogP contribution in [0.2, 0.25) is 0 Å². The van der Waals surface area contributed by atoms with E-state index >= 15 is 0 Å². The first-order chi connectivity index (χ1) is 8.65.